The molecule has 0 spiro atoms. The van der Waals surface area contributed by atoms with Crippen molar-refractivity contribution in [2.45, 2.75) is 50.3 Å². The molecule has 1 aromatic heterocycles. The molecule has 0 radical (unpaired) electrons. The van der Waals surface area contributed by atoms with Crippen molar-refractivity contribution in [3.8, 4) is 23.5 Å². The second kappa shape index (κ2) is 8.18. The highest BCUT2D eigenvalue weighted by atomic mass is 19.4. The molecule has 11 heteroatoms. The molecule has 3 aromatic rings. The fourth-order valence-corrected chi connectivity index (χ4v) is 5.41. The molecular weight excluding hydrogens is 491 g/mol. The van der Waals surface area contributed by atoms with Crippen LogP contribution in [0.4, 0.5) is 18.0 Å². The van der Waals surface area contributed by atoms with Crippen LogP contribution < -0.4 is 5.32 Å². The van der Waals surface area contributed by atoms with Crippen molar-refractivity contribution in [3.05, 3.63) is 76.3 Å². The van der Waals surface area contributed by atoms with E-state index in [4.69, 9.17) is 14.7 Å². The average molecular weight is 513 g/mol. The van der Waals surface area contributed by atoms with Crippen LogP contribution in [0.5, 0.6) is 11.8 Å². The SMILES string of the molecule is C[C@@]12O[C@@](C)(C[C@@H]1NC(=O)OCc1ccccc1)c1c2c(O)n(-c2ccc(C#N)c(C(F)(F)F)c2)c1O. The van der Waals surface area contributed by atoms with Crippen LogP contribution in [0.15, 0.2) is 48.5 Å². The van der Waals surface area contributed by atoms with Crippen LogP contribution in [0.1, 0.15) is 48.1 Å². The number of aromatic hydroxyl groups is 2. The Morgan fingerprint density at radius 2 is 1.86 bits per heavy atom. The van der Waals surface area contributed by atoms with Crippen LogP contribution in [-0.4, -0.2) is 26.9 Å². The molecule has 2 aromatic carbocycles. The maximum Gasteiger partial charge on any atom is 0.417 e. The van der Waals surface area contributed by atoms with Crippen LogP contribution in [0, 0.1) is 11.3 Å². The van der Waals surface area contributed by atoms with Gasteiger partial charge in [0.2, 0.25) is 11.8 Å². The topological polar surface area (TPSA) is 117 Å². The number of hydrogen-bond acceptors (Lipinski definition) is 6. The summed E-state index contributed by atoms with van der Waals surface area (Å²) < 4.78 is 53.0. The summed E-state index contributed by atoms with van der Waals surface area (Å²) in [5.41, 5.74) is -3.24. The van der Waals surface area contributed by atoms with E-state index in [0.717, 1.165) is 16.2 Å². The van der Waals surface area contributed by atoms with Crippen molar-refractivity contribution in [3.63, 3.8) is 0 Å². The first kappa shape index (κ1) is 24.5. The predicted octanol–water partition coefficient (Wildman–Crippen LogP) is 4.94. The molecular formula is C26H22F3N3O5. The minimum Gasteiger partial charge on any atom is -0.494 e. The average Bonchev–Trinajstić information content (AvgIpc) is 3.37. The van der Waals surface area contributed by atoms with Gasteiger partial charge in [-0.1, -0.05) is 30.3 Å². The lowest BCUT2D eigenvalue weighted by atomic mass is 9.76. The molecule has 0 saturated carbocycles. The van der Waals surface area contributed by atoms with E-state index in [1.807, 2.05) is 18.2 Å². The molecule has 3 atom stereocenters. The van der Waals surface area contributed by atoms with Crippen LogP contribution in [0.25, 0.3) is 5.69 Å². The van der Waals surface area contributed by atoms with Gasteiger partial charge in [-0.25, -0.2) is 4.79 Å². The van der Waals surface area contributed by atoms with Gasteiger partial charge in [-0.3, -0.25) is 4.57 Å². The van der Waals surface area contributed by atoms with Gasteiger partial charge in [0, 0.05) is 6.42 Å². The molecule has 2 aliphatic rings. The van der Waals surface area contributed by atoms with Gasteiger partial charge in [-0.15, -0.1) is 0 Å². The molecule has 1 saturated heterocycles. The molecule has 5 rings (SSSR count). The van der Waals surface area contributed by atoms with Crippen molar-refractivity contribution in [2.75, 3.05) is 0 Å². The number of ether oxygens (including phenoxy) is 2. The second-order valence-corrected chi connectivity index (χ2v) is 9.47. The predicted molar refractivity (Wildman–Crippen MR) is 123 cm³/mol. The van der Waals surface area contributed by atoms with E-state index in [9.17, 15) is 28.2 Å². The lowest BCUT2D eigenvalue weighted by molar-refractivity contribution is -0.137. The molecule has 0 aliphatic carbocycles. The number of fused-ring (bicyclic) bond motifs is 5. The van der Waals surface area contributed by atoms with Gasteiger partial charge in [-0.2, -0.15) is 18.4 Å². The Bertz CT molecular complexity index is 1450. The molecule has 2 bridgehead atoms. The number of carbonyl (C=O) groups is 1. The summed E-state index contributed by atoms with van der Waals surface area (Å²) in [5.74, 6) is -1.01. The van der Waals surface area contributed by atoms with E-state index >= 15 is 0 Å². The van der Waals surface area contributed by atoms with E-state index in [-0.39, 0.29) is 29.8 Å². The number of aromatic nitrogens is 1. The lowest BCUT2D eigenvalue weighted by Crippen LogP contribution is -2.47. The highest BCUT2D eigenvalue weighted by Crippen LogP contribution is 2.64. The highest BCUT2D eigenvalue weighted by molar-refractivity contribution is 5.69. The third-order valence-electron chi connectivity index (χ3n) is 7.03. The van der Waals surface area contributed by atoms with Crippen LogP contribution in [0.3, 0.4) is 0 Å². The van der Waals surface area contributed by atoms with Crippen molar-refractivity contribution >= 4 is 6.09 Å². The van der Waals surface area contributed by atoms with Crippen LogP contribution >= 0.6 is 0 Å². The number of benzene rings is 2. The molecule has 2 aliphatic heterocycles. The van der Waals surface area contributed by atoms with Gasteiger partial charge in [0.15, 0.2) is 0 Å². The van der Waals surface area contributed by atoms with Gasteiger partial charge in [0.25, 0.3) is 0 Å². The van der Waals surface area contributed by atoms with Crippen molar-refractivity contribution in [1.29, 1.82) is 5.26 Å². The minimum atomic E-state index is -4.82. The minimum absolute atomic E-state index is 0.0438. The summed E-state index contributed by atoms with van der Waals surface area (Å²) in [7, 11) is 0. The van der Waals surface area contributed by atoms with Crippen LogP contribution in [-0.2, 0) is 33.5 Å². The monoisotopic (exact) mass is 513 g/mol. The number of alkyl halides is 3. The quantitative estimate of drug-likeness (QED) is 0.455. The van der Waals surface area contributed by atoms with Gasteiger partial charge in [0.1, 0.15) is 12.2 Å². The van der Waals surface area contributed by atoms with Crippen molar-refractivity contribution < 1.29 is 37.7 Å². The summed E-state index contributed by atoms with van der Waals surface area (Å²) in [5, 5.41) is 34.0. The Morgan fingerprint density at radius 1 is 1.19 bits per heavy atom. The Hall–Kier alpha value is -4.17. The number of nitrogens with one attached hydrogen (secondary N) is 1. The normalized spacial score (nSPS) is 23.9. The van der Waals surface area contributed by atoms with Crippen molar-refractivity contribution in [2.24, 2.45) is 0 Å². The molecule has 8 nitrogen and oxygen atoms in total. The molecule has 3 heterocycles. The summed E-state index contributed by atoms with van der Waals surface area (Å²) in [6.45, 7) is 3.33. The third kappa shape index (κ3) is 3.76. The highest BCUT2D eigenvalue weighted by Gasteiger charge is 2.65. The number of hydrogen-bond donors (Lipinski definition) is 3. The first-order valence-corrected chi connectivity index (χ1v) is 11.4. The number of rotatable bonds is 4. The van der Waals surface area contributed by atoms with Crippen molar-refractivity contribution in [1.82, 2.24) is 9.88 Å². The number of carbonyl (C=O) groups excluding carboxylic acids is 1. The van der Waals surface area contributed by atoms with E-state index in [1.54, 1.807) is 26.0 Å². The summed E-state index contributed by atoms with van der Waals surface area (Å²) >= 11 is 0. The molecule has 1 amide bonds. The van der Waals surface area contributed by atoms with E-state index < -0.39 is 52.4 Å². The summed E-state index contributed by atoms with van der Waals surface area (Å²) in [6, 6.07) is 12.8. The van der Waals surface area contributed by atoms with Gasteiger partial charge >= 0.3 is 12.3 Å². The maximum absolute atomic E-state index is 13.5. The van der Waals surface area contributed by atoms with E-state index in [1.165, 1.54) is 12.1 Å². The lowest BCUT2D eigenvalue weighted by Gasteiger charge is -2.30. The standard InChI is InChI=1S/C26H22F3N3O5/c1-24-11-18(31-23(35)36-13-14-6-4-3-5-7-14)25(2,37-24)20-19(24)21(33)32(22(20)34)16-9-8-15(12-30)17(10-16)26(27,28)29/h3-10,18,33-34H,11,13H2,1-2H3,(H,31,35)/t18-,24-,25+/m0/s1. The summed E-state index contributed by atoms with van der Waals surface area (Å²) in [4.78, 5) is 12.5. The summed E-state index contributed by atoms with van der Waals surface area (Å²) in [6.07, 6.45) is -5.31. The number of nitriles is 1. The molecule has 3 N–H and O–H groups in total. The maximum atomic E-state index is 13.5. The number of alkyl carbamates (subject to hydrolysis) is 1. The molecule has 192 valence electrons. The largest absolute Gasteiger partial charge is 0.494 e. The molecule has 0 unspecified atom stereocenters. The Labute approximate surface area is 209 Å². The first-order valence-electron chi connectivity index (χ1n) is 11.4. The first-order chi connectivity index (χ1) is 17.4. The number of amides is 1. The Kier molecular flexibility index (Phi) is 5.42. The Balaban J connectivity index is 1.48. The van der Waals surface area contributed by atoms with E-state index in [2.05, 4.69) is 5.32 Å². The molecule has 1 fully saturated rings. The van der Waals surface area contributed by atoms with Gasteiger partial charge in [-0.05, 0) is 37.6 Å². The van der Waals surface area contributed by atoms with E-state index in [0.29, 0.717) is 6.07 Å². The van der Waals surface area contributed by atoms with Gasteiger partial charge in [0.05, 0.1) is 45.7 Å². The molecule has 37 heavy (non-hydrogen) atoms. The number of nitrogens with zero attached hydrogens (tertiary/aromatic N) is 2. The zero-order valence-corrected chi connectivity index (χ0v) is 19.8. The second-order valence-electron chi connectivity index (χ2n) is 9.47. The van der Waals surface area contributed by atoms with Crippen LogP contribution in [0.2, 0.25) is 0 Å². The fraction of sp³-hybridized carbons (Fsp3) is 0.308. The van der Waals surface area contributed by atoms with Gasteiger partial charge < -0.3 is 25.0 Å². The zero-order chi connectivity index (χ0) is 26.8. The smallest absolute Gasteiger partial charge is 0.417 e. The Morgan fingerprint density at radius 3 is 2.51 bits per heavy atom. The fourth-order valence-electron chi connectivity index (χ4n) is 5.41. The third-order valence-corrected chi connectivity index (χ3v) is 7.03. The number of halogens is 3. The zero-order valence-electron chi connectivity index (χ0n) is 19.8.